The normalized spacial score (nSPS) is 15.5. The van der Waals surface area contributed by atoms with Crippen molar-refractivity contribution in [2.45, 2.75) is 32.3 Å². The zero-order chi connectivity index (χ0) is 28.2. The predicted octanol–water partition coefficient (Wildman–Crippen LogP) is 4.69. The molecule has 2 aromatic rings. The van der Waals surface area contributed by atoms with E-state index in [1.165, 1.54) is 18.1 Å². The number of nitrogens with two attached hydrogens (primary N) is 1. The molecule has 198 valence electrons. The third-order valence-electron chi connectivity index (χ3n) is 5.44. The molecule has 10 nitrogen and oxygen atoms in total. The number of rotatable bonds is 5. The predicted molar refractivity (Wildman–Crippen MR) is 144 cm³/mol. The molecule has 3 rings (SSSR count). The average molecular weight is 583 g/mol. The summed E-state index contributed by atoms with van der Waals surface area (Å²) in [6, 6.07) is 15.5. The van der Waals surface area contributed by atoms with E-state index in [4.69, 9.17) is 19.9 Å². The van der Waals surface area contributed by atoms with E-state index in [0.717, 1.165) is 7.11 Å². The Hall–Kier alpha value is -4.30. The first-order chi connectivity index (χ1) is 17.9. The lowest BCUT2D eigenvalue weighted by Crippen LogP contribution is -2.41. The molecule has 0 saturated heterocycles. The van der Waals surface area contributed by atoms with Crippen molar-refractivity contribution in [3.05, 3.63) is 81.2 Å². The van der Waals surface area contributed by atoms with Gasteiger partial charge in [0, 0.05) is 10.2 Å². The van der Waals surface area contributed by atoms with E-state index in [1.807, 2.05) is 0 Å². The van der Waals surface area contributed by atoms with Gasteiger partial charge < -0.3 is 19.9 Å². The van der Waals surface area contributed by atoms with E-state index < -0.39 is 29.6 Å². The number of esters is 2. The molecule has 1 amide bonds. The highest BCUT2D eigenvalue weighted by Crippen LogP contribution is 2.45. The summed E-state index contributed by atoms with van der Waals surface area (Å²) >= 11 is 3.45. The third kappa shape index (κ3) is 5.81. The van der Waals surface area contributed by atoms with Gasteiger partial charge in [0.15, 0.2) is 0 Å². The van der Waals surface area contributed by atoms with Crippen molar-refractivity contribution in [2.24, 2.45) is 5.73 Å². The first-order valence-corrected chi connectivity index (χ1v) is 12.2. The number of benzene rings is 2. The van der Waals surface area contributed by atoms with Crippen LogP contribution in [0.2, 0.25) is 0 Å². The number of ether oxygens (including phenoxy) is 3. The van der Waals surface area contributed by atoms with E-state index in [1.54, 1.807) is 63.2 Å². The second-order valence-corrected chi connectivity index (χ2v) is 9.98. The van der Waals surface area contributed by atoms with Crippen molar-refractivity contribution in [2.75, 3.05) is 24.4 Å². The van der Waals surface area contributed by atoms with E-state index in [9.17, 15) is 19.6 Å². The fourth-order valence-corrected chi connectivity index (χ4v) is 4.37. The third-order valence-corrected chi connectivity index (χ3v) is 6.11. The Balaban J connectivity index is 2.30. The number of hydrogen-bond donors (Lipinski definition) is 2. The molecule has 0 aliphatic carbocycles. The fraction of sp³-hybridized carbons (Fsp3) is 0.259. The molecule has 1 atom stereocenters. The van der Waals surface area contributed by atoms with Crippen LogP contribution < -0.4 is 16.0 Å². The fourth-order valence-electron chi connectivity index (χ4n) is 3.95. The molecule has 0 bridgehead atoms. The summed E-state index contributed by atoms with van der Waals surface area (Å²) in [5.74, 6) is -2.84. The molecular formula is C27H27BrN4O6. The van der Waals surface area contributed by atoms with Gasteiger partial charge >= 0.3 is 18.0 Å². The lowest BCUT2D eigenvalue weighted by molar-refractivity contribution is -0.139. The number of allylic oxidation sites excluding steroid dienone is 1. The highest BCUT2D eigenvalue weighted by Gasteiger charge is 2.43. The Labute approximate surface area is 228 Å². The van der Waals surface area contributed by atoms with Gasteiger partial charge in [-0.05, 0) is 60.5 Å². The van der Waals surface area contributed by atoms with Gasteiger partial charge in [-0.1, -0.05) is 30.3 Å². The number of carbonyl (C=O) groups is 3. The summed E-state index contributed by atoms with van der Waals surface area (Å²) in [7, 11) is 2.33. The Kier molecular flexibility index (Phi) is 8.48. The number of halogens is 1. The van der Waals surface area contributed by atoms with Crippen molar-refractivity contribution >= 4 is 45.3 Å². The first-order valence-electron chi connectivity index (χ1n) is 11.4. The summed E-state index contributed by atoms with van der Waals surface area (Å²) in [4.78, 5) is 40.0. The van der Waals surface area contributed by atoms with Gasteiger partial charge in [0.1, 0.15) is 17.1 Å². The maximum Gasteiger partial charge on any atom is 0.412 e. The van der Waals surface area contributed by atoms with Gasteiger partial charge in [-0.15, -0.1) is 0 Å². The number of carbonyl (C=O) groups excluding carboxylic acids is 3. The van der Waals surface area contributed by atoms with Crippen LogP contribution in [0.5, 0.6) is 0 Å². The number of nitrogens with zero attached hydrogens (tertiary/aromatic N) is 2. The molecule has 1 heterocycles. The van der Waals surface area contributed by atoms with Gasteiger partial charge in [0.2, 0.25) is 0 Å². The second kappa shape index (κ2) is 11.4. The topological polar surface area (TPSA) is 144 Å². The minimum absolute atomic E-state index is 0.0154. The molecule has 1 unspecified atom stereocenters. The molecule has 1 aliphatic heterocycles. The number of hydrogen-bond acceptors (Lipinski definition) is 9. The van der Waals surface area contributed by atoms with Crippen molar-refractivity contribution in [3.63, 3.8) is 0 Å². The van der Waals surface area contributed by atoms with Crippen molar-refractivity contribution in [1.29, 1.82) is 5.26 Å². The molecule has 0 aromatic heterocycles. The molecule has 1 aliphatic rings. The first kappa shape index (κ1) is 28.3. The maximum atomic E-state index is 13.2. The lowest BCUT2D eigenvalue weighted by atomic mass is 9.81. The molecular weight excluding hydrogens is 556 g/mol. The van der Waals surface area contributed by atoms with Crippen LogP contribution in [0.3, 0.4) is 0 Å². The maximum absolute atomic E-state index is 13.2. The highest BCUT2D eigenvalue weighted by molar-refractivity contribution is 9.10. The van der Waals surface area contributed by atoms with Crippen LogP contribution >= 0.6 is 15.9 Å². The van der Waals surface area contributed by atoms with Crippen LogP contribution in [-0.2, 0) is 23.8 Å². The molecule has 0 radical (unpaired) electrons. The molecule has 3 N–H and O–H groups in total. The molecule has 2 aromatic carbocycles. The largest absolute Gasteiger partial charge is 0.466 e. The van der Waals surface area contributed by atoms with Gasteiger partial charge in [-0.25, -0.2) is 14.4 Å². The van der Waals surface area contributed by atoms with Gasteiger partial charge in [-0.3, -0.25) is 10.2 Å². The van der Waals surface area contributed by atoms with E-state index in [2.05, 4.69) is 27.3 Å². The summed E-state index contributed by atoms with van der Waals surface area (Å²) in [5, 5.41) is 12.8. The smallest absolute Gasteiger partial charge is 0.412 e. The Morgan fingerprint density at radius 3 is 2.24 bits per heavy atom. The molecule has 38 heavy (non-hydrogen) atoms. The van der Waals surface area contributed by atoms with Crippen LogP contribution in [0.25, 0.3) is 0 Å². The van der Waals surface area contributed by atoms with E-state index in [-0.39, 0.29) is 28.4 Å². The zero-order valence-corrected chi connectivity index (χ0v) is 23.1. The zero-order valence-electron chi connectivity index (χ0n) is 21.5. The molecule has 0 fully saturated rings. The Morgan fingerprint density at radius 2 is 1.68 bits per heavy atom. The molecule has 11 heteroatoms. The van der Waals surface area contributed by atoms with Crippen LogP contribution in [-0.4, -0.2) is 37.9 Å². The van der Waals surface area contributed by atoms with Crippen LogP contribution in [0, 0.1) is 11.3 Å². The summed E-state index contributed by atoms with van der Waals surface area (Å²) in [5.41, 5.74) is 6.56. The van der Waals surface area contributed by atoms with Gasteiger partial charge in [-0.2, -0.15) is 5.26 Å². The van der Waals surface area contributed by atoms with Crippen LogP contribution in [0.1, 0.15) is 32.3 Å². The highest BCUT2D eigenvalue weighted by atomic mass is 79.9. The number of nitriles is 1. The van der Waals surface area contributed by atoms with Crippen LogP contribution in [0.15, 0.2) is 75.7 Å². The minimum Gasteiger partial charge on any atom is -0.466 e. The van der Waals surface area contributed by atoms with E-state index in [0.29, 0.717) is 15.7 Å². The standard InChI is InChI=1S/C27H27BrN4O6/c1-27(2,3)38-26(35)31-16-11-12-18(28)19(13-16)32-22(25(34)37-5)21(24(33)36-4)20(17(14-29)23(32)30)15-9-7-6-8-10-15/h6-13,20H,30H2,1-5H3,(H,31,35). The van der Waals surface area contributed by atoms with Gasteiger partial charge in [0.05, 0.1) is 43.0 Å². The number of nitrogens with one attached hydrogen (secondary N) is 1. The Bertz CT molecular complexity index is 1370. The van der Waals surface area contributed by atoms with Gasteiger partial charge in [0.25, 0.3) is 0 Å². The van der Waals surface area contributed by atoms with E-state index >= 15 is 0 Å². The lowest BCUT2D eigenvalue weighted by Gasteiger charge is -2.36. The Morgan fingerprint density at radius 1 is 1.05 bits per heavy atom. The molecule has 0 saturated carbocycles. The number of methoxy groups -OCH3 is 2. The monoisotopic (exact) mass is 582 g/mol. The summed E-state index contributed by atoms with van der Waals surface area (Å²) < 4.78 is 15.8. The van der Waals surface area contributed by atoms with Crippen LogP contribution in [0.4, 0.5) is 16.2 Å². The summed E-state index contributed by atoms with van der Waals surface area (Å²) in [6.45, 7) is 5.19. The second-order valence-electron chi connectivity index (χ2n) is 9.13. The number of anilines is 2. The summed E-state index contributed by atoms with van der Waals surface area (Å²) in [6.07, 6.45) is -0.700. The quantitative estimate of drug-likeness (QED) is 0.378. The van der Waals surface area contributed by atoms with Crippen molar-refractivity contribution < 1.29 is 28.6 Å². The number of amides is 1. The van der Waals surface area contributed by atoms with Crippen molar-refractivity contribution in [1.82, 2.24) is 0 Å². The SMILES string of the molecule is COC(=O)C1=C(C(=O)OC)N(c2cc(NC(=O)OC(C)(C)C)ccc2Br)C(N)=C(C#N)C1c1ccccc1. The molecule has 0 spiro atoms. The van der Waals surface area contributed by atoms with Crippen molar-refractivity contribution in [3.8, 4) is 6.07 Å². The minimum atomic E-state index is -0.999. The average Bonchev–Trinajstić information content (AvgIpc) is 2.87.